The Morgan fingerprint density at radius 3 is 2.47 bits per heavy atom. The van der Waals surface area contributed by atoms with E-state index in [-0.39, 0.29) is 0 Å². The number of fused-ring (bicyclic) bond motifs is 1. The van der Waals surface area contributed by atoms with E-state index in [9.17, 15) is 0 Å². The number of anilines is 1. The predicted octanol–water partition coefficient (Wildman–Crippen LogP) is 4.40. The lowest BCUT2D eigenvalue weighted by Crippen LogP contribution is -2.02. The standard InChI is InChI=1S/C13H15NO.C4H6/c1-3-10-8-13(15-2)11-6-4-5-7-12(11)14-9-10;1-3-4-2/h3-8,14H,9H2,1-2H3;3-4H,1-2H2/b10-3-;. The molecule has 19 heavy (non-hydrogen) atoms. The normalized spacial score (nSPS) is 14.8. The molecule has 0 saturated carbocycles. The molecule has 0 amide bonds. The highest BCUT2D eigenvalue weighted by Crippen LogP contribution is 2.28. The van der Waals surface area contributed by atoms with E-state index in [1.165, 1.54) is 5.57 Å². The van der Waals surface area contributed by atoms with E-state index in [4.69, 9.17) is 4.74 Å². The van der Waals surface area contributed by atoms with E-state index >= 15 is 0 Å². The number of hydrogen-bond donors (Lipinski definition) is 1. The molecule has 2 nitrogen and oxygen atoms in total. The Kier molecular flexibility index (Phi) is 6.23. The Morgan fingerprint density at radius 1 is 1.21 bits per heavy atom. The molecule has 2 heteroatoms. The van der Waals surface area contributed by atoms with Crippen LogP contribution in [0.3, 0.4) is 0 Å². The second-order valence-electron chi connectivity index (χ2n) is 3.95. The lowest BCUT2D eigenvalue weighted by atomic mass is 10.1. The topological polar surface area (TPSA) is 21.3 Å². The van der Waals surface area contributed by atoms with Crippen LogP contribution in [-0.2, 0) is 4.74 Å². The fourth-order valence-electron chi connectivity index (χ4n) is 1.70. The zero-order chi connectivity index (χ0) is 14.1. The van der Waals surface area contributed by atoms with Crippen LogP contribution in [0.2, 0.25) is 0 Å². The number of hydrogen-bond acceptors (Lipinski definition) is 2. The lowest BCUT2D eigenvalue weighted by molar-refractivity contribution is 0.370. The van der Waals surface area contributed by atoms with Crippen molar-refractivity contribution >= 4 is 11.4 Å². The Morgan fingerprint density at radius 2 is 1.89 bits per heavy atom. The van der Waals surface area contributed by atoms with Crippen LogP contribution < -0.4 is 5.32 Å². The summed E-state index contributed by atoms with van der Waals surface area (Å²) in [6.07, 6.45) is 7.46. The number of ether oxygens (including phenoxy) is 1. The molecule has 0 atom stereocenters. The van der Waals surface area contributed by atoms with Crippen molar-refractivity contribution in [2.45, 2.75) is 6.92 Å². The molecule has 0 saturated heterocycles. The zero-order valence-corrected chi connectivity index (χ0v) is 11.6. The second-order valence-corrected chi connectivity index (χ2v) is 3.95. The molecule has 0 spiro atoms. The fraction of sp³-hybridized carbons (Fsp3) is 0.176. The maximum absolute atomic E-state index is 5.41. The molecule has 0 aromatic heterocycles. The van der Waals surface area contributed by atoms with E-state index < -0.39 is 0 Å². The summed E-state index contributed by atoms with van der Waals surface area (Å²) in [6.45, 7) is 9.61. The molecule has 1 aliphatic rings. The summed E-state index contributed by atoms with van der Waals surface area (Å²) < 4.78 is 5.41. The summed E-state index contributed by atoms with van der Waals surface area (Å²) in [7, 11) is 1.71. The van der Waals surface area contributed by atoms with Gasteiger partial charge in [0, 0.05) is 17.8 Å². The fourth-order valence-corrected chi connectivity index (χ4v) is 1.70. The first-order valence-electron chi connectivity index (χ1n) is 6.24. The van der Waals surface area contributed by atoms with Gasteiger partial charge in [-0.1, -0.05) is 43.5 Å². The van der Waals surface area contributed by atoms with E-state index in [1.807, 2.05) is 19.1 Å². The van der Waals surface area contributed by atoms with Gasteiger partial charge in [0.2, 0.25) is 0 Å². The molecule has 0 radical (unpaired) electrons. The minimum Gasteiger partial charge on any atom is -0.496 e. The van der Waals surface area contributed by atoms with Gasteiger partial charge in [-0.3, -0.25) is 0 Å². The molecule has 0 fully saturated rings. The largest absolute Gasteiger partial charge is 0.496 e. The van der Waals surface area contributed by atoms with Gasteiger partial charge in [-0.15, -0.1) is 0 Å². The monoisotopic (exact) mass is 255 g/mol. The van der Waals surface area contributed by atoms with Gasteiger partial charge in [0.25, 0.3) is 0 Å². The Labute approximate surface area is 115 Å². The van der Waals surface area contributed by atoms with Crippen molar-refractivity contribution in [3.63, 3.8) is 0 Å². The molecule has 2 rings (SSSR count). The molecule has 1 N–H and O–H groups in total. The van der Waals surface area contributed by atoms with Crippen molar-refractivity contribution < 1.29 is 4.74 Å². The van der Waals surface area contributed by atoms with Gasteiger partial charge in [0.05, 0.1) is 7.11 Å². The van der Waals surface area contributed by atoms with Crippen molar-refractivity contribution in [2.24, 2.45) is 0 Å². The minimum absolute atomic E-state index is 0.848. The Bertz CT molecular complexity index is 492. The Balaban J connectivity index is 0.000000399. The maximum atomic E-state index is 5.41. The smallest absolute Gasteiger partial charge is 0.128 e. The summed E-state index contributed by atoms with van der Waals surface area (Å²) in [5.41, 5.74) is 3.49. The van der Waals surface area contributed by atoms with Crippen LogP contribution in [0, 0.1) is 0 Å². The predicted molar refractivity (Wildman–Crippen MR) is 84.1 cm³/mol. The third-order valence-electron chi connectivity index (χ3n) is 2.75. The summed E-state index contributed by atoms with van der Waals surface area (Å²) in [5.74, 6) is 0.920. The SMILES string of the molecule is C/C=C1/C=C(OC)c2ccccc2NC1.C=CC=C. The summed E-state index contributed by atoms with van der Waals surface area (Å²) in [4.78, 5) is 0. The van der Waals surface area contributed by atoms with Gasteiger partial charge in [0.1, 0.15) is 5.76 Å². The van der Waals surface area contributed by atoms with Crippen molar-refractivity contribution in [1.29, 1.82) is 0 Å². The van der Waals surface area contributed by atoms with E-state index in [2.05, 4.69) is 42.8 Å². The van der Waals surface area contributed by atoms with E-state index in [0.717, 1.165) is 23.6 Å². The number of nitrogens with one attached hydrogen (secondary N) is 1. The summed E-state index contributed by atoms with van der Waals surface area (Å²) >= 11 is 0. The molecular formula is C17H21NO. The van der Waals surface area contributed by atoms with Crippen molar-refractivity contribution in [2.75, 3.05) is 19.0 Å². The Hall–Kier alpha value is -2.22. The first-order chi connectivity index (χ1) is 9.26. The molecule has 0 bridgehead atoms. The van der Waals surface area contributed by atoms with Gasteiger partial charge >= 0.3 is 0 Å². The quantitative estimate of drug-likeness (QED) is 0.791. The van der Waals surface area contributed by atoms with Gasteiger partial charge in [0.15, 0.2) is 0 Å². The average molecular weight is 255 g/mol. The number of rotatable bonds is 2. The van der Waals surface area contributed by atoms with Crippen LogP contribution >= 0.6 is 0 Å². The highest BCUT2D eigenvalue weighted by atomic mass is 16.5. The van der Waals surface area contributed by atoms with Crippen LogP contribution in [0.1, 0.15) is 12.5 Å². The first kappa shape index (κ1) is 14.8. The molecule has 1 aliphatic heterocycles. The van der Waals surface area contributed by atoms with Crippen molar-refractivity contribution in [1.82, 2.24) is 0 Å². The van der Waals surface area contributed by atoms with E-state index in [0.29, 0.717) is 0 Å². The zero-order valence-electron chi connectivity index (χ0n) is 11.6. The van der Waals surface area contributed by atoms with Crippen LogP contribution in [0.4, 0.5) is 5.69 Å². The van der Waals surface area contributed by atoms with Crippen LogP contribution in [-0.4, -0.2) is 13.7 Å². The van der Waals surface area contributed by atoms with Crippen LogP contribution in [0.25, 0.3) is 5.76 Å². The number of methoxy groups -OCH3 is 1. The van der Waals surface area contributed by atoms with Gasteiger partial charge in [-0.2, -0.15) is 0 Å². The average Bonchev–Trinajstić information content (AvgIpc) is 2.66. The number of para-hydroxylation sites is 1. The third kappa shape index (κ3) is 4.18. The minimum atomic E-state index is 0.848. The lowest BCUT2D eigenvalue weighted by Gasteiger charge is -2.09. The molecule has 1 aromatic carbocycles. The third-order valence-corrected chi connectivity index (χ3v) is 2.75. The summed E-state index contributed by atoms with van der Waals surface area (Å²) in [5, 5.41) is 3.39. The second kappa shape index (κ2) is 7.98. The first-order valence-corrected chi connectivity index (χ1v) is 6.24. The number of allylic oxidation sites excluding steroid dienone is 3. The van der Waals surface area contributed by atoms with E-state index in [1.54, 1.807) is 19.3 Å². The molecule has 1 aromatic rings. The number of benzene rings is 1. The van der Waals surface area contributed by atoms with Crippen LogP contribution in [0.5, 0.6) is 0 Å². The van der Waals surface area contributed by atoms with Gasteiger partial charge < -0.3 is 10.1 Å². The molecule has 0 unspecified atom stereocenters. The van der Waals surface area contributed by atoms with Crippen molar-refractivity contribution in [3.8, 4) is 0 Å². The molecular weight excluding hydrogens is 234 g/mol. The van der Waals surface area contributed by atoms with Gasteiger partial charge in [-0.05, 0) is 30.7 Å². The molecule has 100 valence electrons. The highest BCUT2D eigenvalue weighted by Gasteiger charge is 2.11. The van der Waals surface area contributed by atoms with Gasteiger partial charge in [-0.25, -0.2) is 0 Å². The van der Waals surface area contributed by atoms with Crippen LogP contribution in [0.15, 0.2) is 67.3 Å². The molecule has 1 heterocycles. The maximum Gasteiger partial charge on any atom is 0.128 e. The highest BCUT2D eigenvalue weighted by molar-refractivity contribution is 5.76. The molecule has 0 aliphatic carbocycles. The van der Waals surface area contributed by atoms with Crippen molar-refractivity contribution in [3.05, 3.63) is 72.9 Å². The summed E-state index contributed by atoms with van der Waals surface area (Å²) in [6, 6.07) is 8.19.